The second-order valence-corrected chi connectivity index (χ2v) is 10.4. The molecule has 2 heterocycles. The van der Waals surface area contributed by atoms with Gasteiger partial charge in [-0.1, -0.05) is 50.1 Å². The number of nitrogens with one attached hydrogen (secondary N) is 3. The van der Waals surface area contributed by atoms with E-state index in [-0.39, 0.29) is 35.8 Å². The number of rotatable bonds is 5. The molecule has 3 fully saturated rings. The predicted octanol–water partition coefficient (Wildman–Crippen LogP) is 4.77. The number of amidine groups is 1. The average Bonchev–Trinajstić information content (AvgIpc) is 3.09. The van der Waals surface area contributed by atoms with Crippen molar-refractivity contribution in [3.05, 3.63) is 29.0 Å². The Morgan fingerprint density at radius 1 is 1.00 bits per heavy atom. The fraction of sp³-hybridized carbons (Fsp3) is 0.577. The molecule has 0 radical (unpaired) electrons. The zero-order chi connectivity index (χ0) is 24.2. The van der Waals surface area contributed by atoms with Gasteiger partial charge in [0.25, 0.3) is 5.91 Å². The van der Waals surface area contributed by atoms with Crippen LogP contribution in [0.5, 0.6) is 0 Å². The number of aromatic nitrogens is 2. The Kier molecular flexibility index (Phi) is 7.46. The van der Waals surface area contributed by atoms with Crippen molar-refractivity contribution in [2.45, 2.75) is 95.2 Å². The van der Waals surface area contributed by atoms with Crippen LogP contribution in [-0.4, -0.2) is 45.7 Å². The van der Waals surface area contributed by atoms with Gasteiger partial charge < -0.3 is 16.0 Å². The summed E-state index contributed by atoms with van der Waals surface area (Å²) in [5.74, 6) is 1.35. The maximum absolute atomic E-state index is 13.2. The van der Waals surface area contributed by atoms with Crippen molar-refractivity contribution in [2.75, 3.05) is 5.32 Å². The highest BCUT2D eigenvalue weighted by molar-refractivity contribution is 6.31. The van der Waals surface area contributed by atoms with Crippen molar-refractivity contribution in [2.24, 2.45) is 4.99 Å². The molecule has 35 heavy (non-hydrogen) atoms. The van der Waals surface area contributed by atoms with E-state index in [0.29, 0.717) is 29.2 Å². The Labute approximate surface area is 210 Å². The van der Waals surface area contributed by atoms with Gasteiger partial charge in [-0.25, -0.2) is 9.97 Å². The molecule has 3 aliphatic rings. The van der Waals surface area contributed by atoms with Crippen LogP contribution in [0.3, 0.4) is 0 Å². The maximum Gasteiger partial charge on any atom is 0.289 e. The molecule has 1 aliphatic heterocycles. The second kappa shape index (κ2) is 10.9. The molecule has 2 amide bonds. The summed E-state index contributed by atoms with van der Waals surface area (Å²) < 4.78 is 0. The summed E-state index contributed by atoms with van der Waals surface area (Å²) >= 11 is 6.31. The van der Waals surface area contributed by atoms with Crippen LogP contribution >= 0.6 is 11.6 Å². The monoisotopic (exact) mass is 496 g/mol. The summed E-state index contributed by atoms with van der Waals surface area (Å²) in [6, 6.07) is 5.71. The highest BCUT2D eigenvalue weighted by Crippen LogP contribution is 2.29. The fourth-order valence-electron chi connectivity index (χ4n) is 5.41. The third kappa shape index (κ3) is 5.92. The molecule has 2 aliphatic carbocycles. The van der Waals surface area contributed by atoms with Gasteiger partial charge >= 0.3 is 0 Å². The van der Waals surface area contributed by atoms with E-state index in [4.69, 9.17) is 21.6 Å². The number of benzene rings is 1. The van der Waals surface area contributed by atoms with E-state index >= 15 is 0 Å². The lowest BCUT2D eigenvalue weighted by Crippen LogP contribution is -2.38. The lowest BCUT2D eigenvalue weighted by atomic mass is 9.90. The molecule has 0 bridgehead atoms. The molecule has 186 valence electrons. The molecule has 5 rings (SSSR count). The molecule has 8 nitrogen and oxygen atoms in total. The smallest absolute Gasteiger partial charge is 0.289 e. The largest absolute Gasteiger partial charge is 0.365 e. The number of halogens is 1. The SMILES string of the molecule is O=C1CCC(=N[C@@H]2CCCC[C@@H]2Nc2nc(C(=O)NC3CCCCCC3)nc3ccc(Cl)cc23)N1. The van der Waals surface area contributed by atoms with E-state index in [2.05, 4.69) is 20.9 Å². The van der Waals surface area contributed by atoms with Gasteiger partial charge in [0.2, 0.25) is 11.7 Å². The number of carbonyl (C=O) groups is 2. The standard InChI is InChI=1S/C26H33ClN6O2/c27-16-11-12-19-18(15-16)24(33-25(30-19)26(35)28-17-7-3-1-2-4-8-17)31-21-10-6-5-9-20(21)29-22-13-14-23(34)32-22/h11-12,15,17,20-21H,1-10,13-14H2,(H,28,35)(H,29,32,34)(H,30,31,33)/t20-,21+/m1/s1. The number of anilines is 1. The van der Waals surface area contributed by atoms with Crippen molar-refractivity contribution >= 4 is 46.0 Å². The number of amides is 2. The van der Waals surface area contributed by atoms with Crippen LogP contribution < -0.4 is 16.0 Å². The quantitative estimate of drug-likeness (QED) is 0.517. The van der Waals surface area contributed by atoms with Gasteiger partial charge in [0, 0.05) is 35.3 Å². The molecule has 0 unspecified atom stereocenters. The molecular formula is C26H33ClN6O2. The van der Waals surface area contributed by atoms with E-state index in [0.717, 1.165) is 62.6 Å². The lowest BCUT2D eigenvalue weighted by Gasteiger charge is -2.30. The van der Waals surface area contributed by atoms with E-state index in [9.17, 15) is 9.59 Å². The van der Waals surface area contributed by atoms with Crippen LogP contribution in [0.15, 0.2) is 23.2 Å². The van der Waals surface area contributed by atoms with E-state index in [1.807, 2.05) is 12.1 Å². The molecule has 0 spiro atoms. The van der Waals surface area contributed by atoms with Crippen LogP contribution in [0.2, 0.25) is 5.02 Å². The normalized spacial score (nSPS) is 24.8. The Morgan fingerprint density at radius 3 is 2.54 bits per heavy atom. The van der Waals surface area contributed by atoms with E-state index < -0.39 is 0 Å². The van der Waals surface area contributed by atoms with E-state index in [1.165, 1.54) is 12.8 Å². The van der Waals surface area contributed by atoms with Gasteiger partial charge in [0.1, 0.15) is 11.7 Å². The highest BCUT2D eigenvalue weighted by Gasteiger charge is 2.28. The van der Waals surface area contributed by atoms with Crippen LogP contribution in [0.4, 0.5) is 5.82 Å². The summed E-state index contributed by atoms with van der Waals surface area (Å²) in [6.07, 6.45) is 12.0. The van der Waals surface area contributed by atoms with Crippen molar-refractivity contribution in [1.29, 1.82) is 0 Å². The van der Waals surface area contributed by atoms with Gasteiger partial charge in [0.15, 0.2) is 0 Å². The topological polar surface area (TPSA) is 108 Å². The lowest BCUT2D eigenvalue weighted by molar-refractivity contribution is -0.118. The number of aliphatic imine (C=N–C) groups is 1. The average molecular weight is 497 g/mol. The Morgan fingerprint density at radius 2 is 1.77 bits per heavy atom. The Bertz CT molecular complexity index is 1130. The molecule has 1 aromatic heterocycles. The maximum atomic E-state index is 13.2. The van der Waals surface area contributed by atoms with Crippen LogP contribution in [0, 0.1) is 0 Å². The summed E-state index contributed by atoms with van der Waals surface area (Å²) in [5.41, 5.74) is 0.680. The minimum absolute atomic E-state index is 0.0321. The molecule has 2 atom stereocenters. The number of hydrogen-bond donors (Lipinski definition) is 3. The number of nitrogens with zero attached hydrogens (tertiary/aromatic N) is 3. The van der Waals surface area contributed by atoms with Crippen molar-refractivity contribution < 1.29 is 9.59 Å². The van der Waals surface area contributed by atoms with Crippen molar-refractivity contribution in [3.8, 4) is 0 Å². The van der Waals surface area contributed by atoms with Gasteiger partial charge in [-0.3, -0.25) is 14.6 Å². The van der Waals surface area contributed by atoms with Crippen LogP contribution in [-0.2, 0) is 4.79 Å². The molecule has 2 saturated carbocycles. The highest BCUT2D eigenvalue weighted by atomic mass is 35.5. The van der Waals surface area contributed by atoms with Crippen molar-refractivity contribution in [3.63, 3.8) is 0 Å². The molecule has 3 N–H and O–H groups in total. The predicted molar refractivity (Wildman–Crippen MR) is 138 cm³/mol. The Hall–Kier alpha value is -2.74. The fourth-order valence-corrected chi connectivity index (χ4v) is 5.58. The van der Waals surface area contributed by atoms with Crippen molar-refractivity contribution in [1.82, 2.24) is 20.6 Å². The summed E-state index contributed by atoms with van der Waals surface area (Å²) in [5, 5.41) is 11.0. The van der Waals surface area contributed by atoms with Gasteiger partial charge in [-0.05, 0) is 43.9 Å². The molecule has 9 heteroatoms. The zero-order valence-electron chi connectivity index (χ0n) is 20.0. The minimum Gasteiger partial charge on any atom is -0.365 e. The molecule has 1 aromatic carbocycles. The first kappa shape index (κ1) is 24.0. The second-order valence-electron chi connectivity index (χ2n) is 9.95. The third-order valence-electron chi connectivity index (χ3n) is 7.30. The Balaban J connectivity index is 1.42. The van der Waals surface area contributed by atoms with Gasteiger partial charge in [0.05, 0.1) is 11.6 Å². The molecular weight excluding hydrogens is 464 g/mol. The molecule has 1 saturated heterocycles. The summed E-state index contributed by atoms with van der Waals surface area (Å²) in [4.78, 5) is 38.9. The van der Waals surface area contributed by atoms with Gasteiger partial charge in [-0.15, -0.1) is 0 Å². The molecule has 2 aromatic rings. The minimum atomic E-state index is -0.231. The number of hydrogen-bond acceptors (Lipinski definition) is 6. The first-order valence-electron chi connectivity index (χ1n) is 13.0. The van der Waals surface area contributed by atoms with E-state index in [1.54, 1.807) is 6.07 Å². The van der Waals surface area contributed by atoms with Gasteiger partial charge in [-0.2, -0.15) is 0 Å². The first-order chi connectivity index (χ1) is 17.0. The van der Waals surface area contributed by atoms with Crippen LogP contribution in [0.1, 0.15) is 87.7 Å². The summed E-state index contributed by atoms with van der Waals surface area (Å²) in [6.45, 7) is 0. The van der Waals surface area contributed by atoms with Crippen LogP contribution in [0.25, 0.3) is 10.9 Å². The zero-order valence-corrected chi connectivity index (χ0v) is 20.7. The summed E-state index contributed by atoms with van der Waals surface area (Å²) in [7, 11) is 0. The first-order valence-corrected chi connectivity index (χ1v) is 13.3. The number of fused-ring (bicyclic) bond motifs is 1. The number of carbonyl (C=O) groups excluding carboxylic acids is 2. The third-order valence-corrected chi connectivity index (χ3v) is 7.53.